The molecule has 0 spiro atoms. The number of amides is 1. The monoisotopic (exact) mass is 253 g/mol. The predicted octanol–water partition coefficient (Wildman–Crippen LogP) is 1.48. The first-order valence-corrected chi connectivity index (χ1v) is 7.11. The lowest BCUT2D eigenvalue weighted by Gasteiger charge is -2.24. The number of hydrogen-bond donors (Lipinski definition) is 0. The van der Waals surface area contributed by atoms with E-state index in [2.05, 4.69) is 16.8 Å². The van der Waals surface area contributed by atoms with E-state index < -0.39 is 0 Å². The fraction of sp³-hybridized carbons (Fsp3) is 0.667. The number of rotatable bonds is 3. The molecule has 17 heavy (non-hydrogen) atoms. The van der Waals surface area contributed by atoms with Gasteiger partial charge in [0.15, 0.2) is 4.80 Å². The third-order valence-electron chi connectivity index (χ3n) is 3.03. The minimum atomic E-state index is -0.0171. The van der Waals surface area contributed by atoms with Crippen LogP contribution in [0.4, 0.5) is 0 Å². The summed E-state index contributed by atoms with van der Waals surface area (Å²) in [6.45, 7) is 5.47. The van der Waals surface area contributed by atoms with Gasteiger partial charge in [-0.05, 0) is 32.9 Å². The highest BCUT2D eigenvalue weighted by Gasteiger charge is 2.13. The Bertz CT molecular complexity index is 429. The average Bonchev–Trinajstić information content (AvgIpc) is 2.77. The topological polar surface area (TPSA) is 37.6 Å². The van der Waals surface area contributed by atoms with Gasteiger partial charge in [-0.3, -0.25) is 9.69 Å². The van der Waals surface area contributed by atoms with Crippen molar-refractivity contribution in [1.29, 1.82) is 0 Å². The van der Waals surface area contributed by atoms with E-state index in [-0.39, 0.29) is 5.91 Å². The number of aromatic nitrogens is 1. The van der Waals surface area contributed by atoms with Crippen LogP contribution in [0.2, 0.25) is 0 Å². The van der Waals surface area contributed by atoms with Crippen LogP contribution in [0.5, 0.6) is 0 Å². The van der Waals surface area contributed by atoms with Crippen LogP contribution < -0.4 is 4.80 Å². The number of nitrogens with zero attached hydrogens (tertiary/aromatic N) is 3. The lowest BCUT2D eigenvalue weighted by atomic mass is 10.1. The zero-order chi connectivity index (χ0) is 12.1. The SMILES string of the molecule is CCn1ccsc1=NC(=O)CN1CCCCC1. The van der Waals surface area contributed by atoms with Crippen LogP contribution in [0.15, 0.2) is 16.6 Å². The van der Waals surface area contributed by atoms with Crippen LogP contribution in [0.1, 0.15) is 26.2 Å². The Labute approximate surface area is 106 Å². The van der Waals surface area contributed by atoms with E-state index in [0.29, 0.717) is 6.54 Å². The van der Waals surface area contributed by atoms with Crippen LogP contribution in [0.3, 0.4) is 0 Å². The van der Waals surface area contributed by atoms with Crippen molar-refractivity contribution in [3.8, 4) is 0 Å². The number of piperidine rings is 1. The Hall–Kier alpha value is -0.940. The van der Waals surface area contributed by atoms with Crippen LogP contribution in [0.25, 0.3) is 0 Å². The minimum Gasteiger partial charge on any atom is -0.324 e. The molecule has 2 rings (SSSR count). The summed E-state index contributed by atoms with van der Waals surface area (Å²) >= 11 is 1.52. The summed E-state index contributed by atoms with van der Waals surface area (Å²) in [6.07, 6.45) is 5.68. The second-order valence-electron chi connectivity index (χ2n) is 4.31. The molecule has 94 valence electrons. The fourth-order valence-corrected chi connectivity index (χ4v) is 2.89. The summed E-state index contributed by atoms with van der Waals surface area (Å²) in [5, 5.41) is 1.97. The Morgan fingerprint density at radius 3 is 2.88 bits per heavy atom. The normalized spacial score (nSPS) is 18.5. The van der Waals surface area contributed by atoms with Crippen LogP contribution in [0, 0.1) is 0 Å². The van der Waals surface area contributed by atoms with Gasteiger partial charge in [0.05, 0.1) is 6.54 Å². The summed E-state index contributed by atoms with van der Waals surface area (Å²) in [5.74, 6) is -0.0171. The van der Waals surface area contributed by atoms with Crippen LogP contribution >= 0.6 is 11.3 Å². The van der Waals surface area contributed by atoms with Gasteiger partial charge in [-0.2, -0.15) is 4.99 Å². The molecule has 0 aliphatic carbocycles. The highest BCUT2D eigenvalue weighted by molar-refractivity contribution is 7.07. The third kappa shape index (κ3) is 3.51. The molecule has 1 aliphatic heterocycles. The molecule has 0 aromatic carbocycles. The lowest BCUT2D eigenvalue weighted by Crippen LogP contribution is -2.34. The summed E-state index contributed by atoms with van der Waals surface area (Å²) in [5.41, 5.74) is 0. The Morgan fingerprint density at radius 1 is 1.41 bits per heavy atom. The number of carbonyl (C=O) groups is 1. The zero-order valence-electron chi connectivity index (χ0n) is 10.3. The van der Waals surface area contributed by atoms with Gasteiger partial charge < -0.3 is 4.57 Å². The van der Waals surface area contributed by atoms with Crippen LogP contribution in [-0.4, -0.2) is 35.0 Å². The molecule has 1 saturated heterocycles. The molecule has 0 unspecified atom stereocenters. The minimum absolute atomic E-state index is 0.0171. The highest BCUT2D eigenvalue weighted by Crippen LogP contribution is 2.07. The predicted molar refractivity (Wildman–Crippen MR) is 68.8 cm³/mol. The maximum Gasteiger partial charge on any atom is 0.262 e. The maximum atomic E-state index is 11.8. The van der Waals surface area contributed by atoms with E-state index in [4.69, 9.17) is 0 Å². The van der Waals surface area contributed by atoms with E-state index >= 15 is 0 Å². The molecule has 2 heterocycles. The van der Waals surface area contributed by atoms with E-state index in [1.54, 1.807) is 0 Å². The quantitative estimate of drug-likeness (QED) is 0.818. The van der Waals surface area contributed by atoms with Gasteiger partial charge in [0.1, 0.15) is 0 Å². The number of carbonyl (C=O) groups excluding carboxylic acids is 1. The molecule has 1 aromatic rings. The largest absolute Gasteiger partial charge is 0.324 e. The van der Waals surface area contributed by atoms with Crippen molar-refractivity contribution in [3.63, 3.8) is 0 Å². The summed E-state index contributed by atoms with van der Waals surface area (Å²) in [6, 6.07) is 0. The molecule has 4 nitrogen and oxygen atoms in total. The number of aryl methyl sites for hydroxylation is 1. The van der Waals surface area contributed by atoms with Crippen molar-refractivity contribution in [2.45, 2.75) is 32.7 Å². The molecule has 0 N–H and O–H groups in total. The second-order valence-corrected chi connectivity index (χ2v) is 5.19. The van der Waals surface area contributed by atoms with Crippen molar-refractivity contribution in [1.82, 2.24) is 9.47 Å². The molecule has 0 atom stereocenters. The van der Waals surface area contributed by atoms with Gasteiger partial charge >= 0.3 is 0 Å². The Kier molecular flexibility index (Phi) is 4.50. The molecule has 1 fully saturated rings. The Balaban J connectivity index is 1.98. The van der Waals surface area contributed by atoms with Gasteiger partial charge in [0.25, 0.3) is 5.91 Å². The van der Waals surface area contributed by atoms with E-state index in [0.717, 1.165) is 24.4 Å². The first-order chi connectivity index (χ1) is 8.29. The zero-order valence-corrected chi connectivity index (χ0v) is 11.1. The van der Waals surface area contributed by atoms with E-state index in [1.165, 1.54) is 30.6 Å². The standard InChI is InChI=1S/C12H19N3OS/c1-2-15-8-9-17-12(15)13-11(16)10-14-6-4-3-5-7-14/h8-9H,2-7,10H2,1H3. The third-order valence-corrected chi connectivity index (χ3v) is 3.82. The van der Waals surface area contributed by atoms with E-state index in [1.807, 2.05) is 16.1 Å². The second kappa shape index (κ2) is 6.12. The molecule has 1 amide bonds. The summed E-state index contributed by atoms with van der Waals surface area (Å²) in [4.78, 5) is 19.0. The summed E-state index contributed by atoms with van der Waals surface area (Å²) in [7, 11) is 0. The molecule has 1 aliphatic rings. The smallest absolute Gasteiger partial charge is 0.262 e. The first-order valence-electron chi connectivity index (χ1n) is 6.23. The van der Waals surface area contributed by atoms with Crippen molar-refractivity contribution in [3.05, 3.63) is 16.4 Å². The van der Waals surface area contributed by atoms with Crippen molar-refractivity contribution in [2.24, 2.45) is 4.99 Å². The molecule has 1 aromatic heterocycles. The Morgan fingerprint density at radius 2 is 2.18 bits per heavy atom. The van der Waals surface area contributed by atoms with Gasteiger partial charge in [-0.1, -0.05) is 6.42 Å². The highest BCUT2D eigenvalue weighted by atomic mass is 32.1. The molecular formula is C12H19N3OS. The molecule has 0 radical (unpaired) electrons. The number of thiazole rings is 1. The van der Waals surface area contributed by atoms with Gasteiger partial charge in [0, 0.05) is 18.1 Å². The number of likely N-dealkylation sites (tertiary alicyclic amines) is 1. The van der Waals surface area contributed by atoms with Gasteiger partial charge in [-0.15, -0.1) is 11.3 Å². The van der Waals surface area contributed by atoms with Crippen molar-refractivity contribution in [2.75, 3.05) is 19.6 Å². The molecule has 0 bridgehead atoms. The van der Waals surface area contributed by atoms with E-state index in [9.17, 15) is 4.79 Å². The lowest BCUT2D eigenvalue weighted by molar-refractivity contribution is -0.119. The van der Waals surface area contributed by atoms with Crippen LogP contribution in [-0.2, 0) is 11.3 Å². The number of hydrogen-bond acceptors (Lipinski definition) is 3. The molecular weight excluding hydrogens is 234 g/mol. The molecule has 0 saturated carbocycles. The fourth-order valence-electron chi connectivity index (χ4n) is 2.08. The first kappa shape index (κ1) is 12.5. The van der Waals surface area contributed by atoms with Gasteiger partial charge in [-0.25, -0.2) is 0 Å². The maximum absolute atomic E-state index is 11.8. The van der Waals surface area contributed by atoms with Gasteiger partial charge in [0.2, 0.25) is 0 Å². The average molecular weight is 253 g/mol. The molecule has 5 heteroatoms. The van der Waals surface area contributed by atoms with Crippen molar-refractivity contribution < 1.29 is 4.79 Å². The van der Waals surface area contributed by atoms with Crippen molar-refractivity contribution >= 4 is 17.2 Å². The summed E-state index contributed by atoms with van der Waals surface area (Å²) < 4.78 is 2.00.